The molecular formula is C16H13N5O2. The van der Waals surface area contributed by atoms with E-state index in [9.17, 15) is 0 Å². The van der Waals surface area contributed by atoms with Crippen LogP contribution in [0.15, 0.2) is 47.6 Å². The van der Waals surface area contributed by atoms with Crippen molar-refractivity contribution >= 4 is 17.2 Å². The van der Waals surface area contributed by atoms with Crippen molar-refractivity contribution < 1.29 is 9.47 Å². The minimum absolute atomic E-state index is 0.181. The van der Waals surface area contributed by atoms with Gasteiger partial charge in [-0.1, -0.05) is 12.1 Å². The minimum atomic E-state index is -0.392. The van der Waals surface area contributed by atoms with Gasteiger partial charge in [0, 0.05) is 5.56 Å². The van der Waals surface area contributed by atoms with Gasteiger partial charge in [-0.25, -0.2) is 0 Å². The number of rotatable bonds is 3. The van der Waals surface area contributed by atoms with Gasteiger partial charge in [0.1, 0.15) is 18.4 Å². The normalized spacial score (nSPS) is 12.6. The van der Waals surface area contributed by atoms with Crippen LogP contribution < -0.4 is 20.6 Å². The van der Waals surface area contributed by atoms with Gasteiger partial charge >= 0.3 is 0 Å². The van der Waals surface area contributed by atoms with E-state index < -0.39 is 5.84 Å². The molecule has 4 N–H and O–H groups in total. The molecule has 0 fully saturated rings. The number of para-hydroxylation sites is 2. The largest absolute Gasteiger partial charge is 0.485 e. The van der Waals surface area contributed by atoms with E-state index in [1.807, 2.05) is 24.3 Å². The third-order valence-electron chi connectivity index (χ3n) is 3.17. The molecular weight excluding hydrogens is 294 g/mol. The summed E-state index contributed by atoms with van der Waals surface area (Å²) in [5, 5.41) is 19.8. The summed E-state index contributed by atoms with van der Waals surface area (Å²) in [5.74, 6) is 1.64. The second kappa shape index (κ2) is 6.07. The number of nitrogens with one attached hydrogen (secondary N) is 2. The van der Waals surface area contributed by atoms with Gasteiger partial charge in [-0.05, 0) is 30.3 Å². The van der Waals surface area contributed by atoms with Crippen LogP contribution in [0.25, 0.3) is 0 Å². The van der Waals surface area contributed by atoms with Crippen molar-refractivity contribution in [2.45, 2.75) is 6.61 Å². The number of anilines is 1. The van der Waals surface area contributed by atoms with Crippen LogP contribution in [0.3, 0.4) is 0 Å². The monoisotopic (exact) mass is 307 g/mol. The van der Waals surface area contributed by atoms with E-state index in [1.165, 1.54) is 0 Å². The number of nitrogens with zero attached hydrogens (tertiary/aromatic N) is 2. The lowest BCUT2D eigenvalue weighted by molar-refractivity contribution is 0.307. The lowest BCUT2D eigenvalue weighted by Crippen LogP contribution is -2.21. The van der Waals surface area contributed by atoms with Crippen molar-refractivity contribution in [3.05, 3.63) is 48.0 Å². The number of hydrogen-bond donors (Lipinski definition) is 3. The molecule has 0 aliphatic carbocycles. The molecule has 23 heavy (non-hydrogen) atoms. The third-order valence-corrected chi connectivity index (χ3v) is 3.17. The van der Waals surface area contributed by atoms with Crippen molar-refractivity contribution in [1.29, 1.82) is 10.7 Å². The average Bonchev–Trinajstić information content (AvgIpc) is 2.74. The van der Waals surface area contributed by atoms with Crippen molar-refractivity contribution in [1.82, 2.24) is 0 Å². The van der Waals surface area contributed by atoms with Gasteiger partial charge in [0.25, 0.3) is 0 Å². The number of nitriles is 1. The highest BCUT2D eigenvalue weighted by molar-refractivity contribution is 6.45. The molecule has 114 valence electrons. The predicted molar refractivity (Wildman–Crippen MR) is 85.9 cm³/mol. The van der Waals surface area contributed by atoms with E-state index >= 15 is 0 Å². The highest BCUT2D eigenvalue weighted by Gasteiger charge is 2.15. The van der Waals surface area contributed by atoms with Crippen LogP contribution >= 0.6 is 0 Å². The summed E-state index contributed by atoms with van der Waals surface area (Å²) < 4.78 is 11.6. The summed E-state index contributed by atoms with van der Waals surface area (Å²) in [7, 11) is 0. The van der Waals surface area contributed by atoms with Crippen molar-refractivity contribution in [2.75, 3.05) is 5.43 Å². The fourth-order valence-electron chi connectivity index (χ4n) is 2.05. The van der Waals surface area contributed by atoms with Gasteiger partial charge in [0.2, 0.25) is 5.71 Å². The van der Waals surface area contributed by atoms with Crippen LogP contribution in [0, 0.1) is 16.7 Å². The molecule has 0 aromatic heterocycles. The maximum absolute atomic E-state index is 8.82. The molecule has 0 unspecified atom stereocenters. The van der Waals surface area contributed by atoms with E-state index in [4.69, 9.17) is 25.9 Å². The Kier molecular flexibility index (Phi) is 3.80. The molecule has 1 aliphatic rings. The zero-order valence-corrected chi connectivity index (χ0v) is 12.0. The van der Waals surface area contributed by atoms with E-state index in [0.717, 1.165) is 5.56 Å². The lowest BCUT2D eigenvalue weighted by Gasteiger charge is -2.08. The van der Waals surface area contributed by atoms with E-state index in [2.05, 4.69) is 10.5 Å². The number of nitrogens with two attached hydrogens (primary N) is 1. The van der Waals surface area contributed by atoms with Crippen LogP contribution in [-0.4, -0.2) is 11.5 Å². The molecule has 0 bridgehead atoms. The zero-order valence-electron chi connectivity index (χ0n) is 12.0. The van der Waals surface area contributed by atoms with E-state index in [0.29, 0.717) is 29.5 Å². The Morgan fingerprint density at radius 3 is 2.74 bits per heavy atom. The second-order valence-corrected chi connectivity index (χ2v) is 4.76. The summed E-state index contributed by atoms with van der Waals surface area (Å²) in [6.45, 7) is 0.351. The number of amidine groups is 1. The summed E-state index contributed by atoms with van der Waals surface area (Å²) in [5.41, 5.74) is 9.23. The van der Waals surface area contributed by atoms with Gasteiger partial charge in [-0.3, -0.25) is 10.8 Å². The minimum Gasteiger partial charge on any atom is -0.485 e. The molecule has 0 radical (unpaired) electrons. The van der Waals surface area contributed by atoms with Crippen molar-refractivity contribution in [2.24, 2.45) is 10.8 Å². The summed E-state index contributed by atoms with van der Waals surface area (Å²) in [6, 6.07) is 14.5. The first-order valence-electron chi connectivity index (χ1n) is 6.78. The van der Waals surface area contributed by atoms with Crippen molar-refractivity contribution in [3.8, 4) is 23.3 Å². The first-order valence-corrected chi connectivity index (χ1v) is 6.78. The van der Waals surface area contributed by atoms with Crippen molar-refractivity contribution in [3.63, 3.8) is 0 Å². The van der Waals surface area contributed by atoms with E-state index in [1.54, 1.807) is 24.3 Å². The topological polar surface area (TPSA) is 117 Å². The Hall–Kier alpha value is -3.53. The van der Waals surface area contributed by atoms with Gasteiger partial charge in [-0.15, -0.1) is 0 Å². The number of fused-ring (bicyclic) bond motifs is 2. The Morgan fingerprint density at radius 2 is 2.00 bits per heavy atom. The highest BCUT2D eigenvalue weighted by atomic mass is 16.5. The summed E-state index contributed by atoms with van der Waals surface area (Å²) >= 11 is 0. The standard InChI is InChI=1S/C16H13N5O2/c17-8-12(16(18)19)21-20-11-5-6-13-10(7-11)9-22-14-3-1-2-4-15(14)23-13/h1-7,20H,9H2,(H3,18,19)/b21-12+. The summed E-state index contributed by atoms with van der Waals surface area (Å²) in [6.07, 6.45) is 0. The van der Waals surface area contributed by atoms with Crippen LogP contribution in [-0.2, 0) is 6.61 Å². The molecule has 3 rings (SSSR count). The zero-order chi connectivity index (χ0) is 16.2. The van der Waals surface area contributed by atoms with Gasteiger partial charge < -0.3 is 15.2 Å². The maximum atomic E-state index is 8.82. The van der Waals surface area contributed by atoms with Crippen LogP contribution in [0.5, 0.6) is 17.2 Å². The molecule has 1 aliphatic heterocycles. The Labute approximate surface area is 132 Å². The first kappa shape index (κ1) is 14.4. The molecule has 1 heterocycles. The number of hydrazone groups is 1. The first-order chi connectivity index (χ1) is 11.2. The highest BCUT2D eigenvalue weighted by Crippen LogP contribution is 2.37. The predicted octanol–water partition coefficient (Wildman–Crippen LogP) is 2.60. The number of hydrogen-bond acceptors (Lipinski definition) is 6. The molecule has 0 amide bonds. The van der Waals surface area contributed by atoms with Gasteiger partial charge in [-0.2, -0.15) is 10.4 Å². The maximum Gasteiger partial charge on any atom is 0.201 e. The lowest BCUT2D eigenvalue weighted by atomic mass is 10.2. The second-order valence-electron chi connectivity index (χ2n) is 4.76. The molecule has 0 saturated carbocycles. The number of ether oxygens (including phenoxy) is 2. The van der Waals surface area contributed by atoms with Crippen LogP contribution in [0.1, 0.15) is 5.56 Å². The molecule has 0 saturated heterocycles. The smallest absolute Gasteiger partial charge is 0.201 e. The third kappa shape index (κ3) is 3.06. The molecule has 0 spiro atoms. The van der Waals surface area contributed by atoms with Crippen LogP contribution in [0.4, 0.5) is 5.69 Å². The Bertz CT molecular complexity index is 839. The summed E-state index contributed by atoms with van der Waals surface area (Å²) in [4.78, 5) is 0. The van der Waals surface area contributed by atoms with Gasteiger partial charge in [0.15, 0.2) is 17.3 Å². The number of benzene rings is 2. The molecule has 2 aromatic carbocycles. The fraction of sp³-hybridized carbons (Fsp3) is 0.0625. The SMILES string of the molecule is N#C/C(=N\Nc1ccc2c(c1)COc1ccccc1O2)C(=N)N. The molecule has 0 atom stereocenters. The van der Waals surface area contributed by atoms with E-state index in [-0.39, 0.29) is 5.71 Å². The molecule has 7 heteroatoms. The fourth-order valence-corrected chi connectivity index (χ4v) is 2.05. The average molecular weight is 307 g/mol. The Balaban J connectivity index is 1.84. The molecule has 7 nitrogen and oxygen atoms in total. The van der Waals surface area contributed by atoms with Crippen LogP contribution in [0.2, 0.25) is 0 Å². The van der Waals surface area contributed by atoms with Gasteiger partial charge in [0.05, 0.1) is 5.69 Å². The molecule has 2 aromatic rings. The quantitative estimate of drug-likeness (QED) is 0.458. The Morgan fingerprint density at radius 1 is 1.22 bits per heavy atom.